The summed E-state index contributed by atoms with van der Waals surface area (Å²) in [5.41, 5.74) is 6.68. The molecule has 1 aromatic rings. The van der Waals surface area contributed by atoms with E-state index in [2.05, 4.69) is 36.5 Å². The number of benzene rings is 1. The first kappa shape index (κ1) is 14.1. The van der Waals surface area contributed by atoms with Crippen LogP contribution in [0.4, 0.5) is 0 Å². The number of hydrogen-bond acceptors (Lipinski definition) is 3. The Balaban J connectivity index is 2.20. The molecule has 0 aliphatic heterocycles. The average Bonchev–Trinajstić information content (AvgIpc) is 2.35. The molecule has 0 fully saturated rings. The van der Waals surface area contributed by atoms with Gasteiger partial charge >= 0.3 is 0 Å². The van der Waals surface area contributed by atoms with Gasteiger partial charge in [-0.1, -0.05) is 24.6 Å². The summed E-state index contributed by atoms with van der Waals surface area (Å²) in [6, 6.07) is 8.39. The van der Waals surface area contributed by atoms with Crippen molar-refractivity contribution in [1.29, 1.82) is 0 Å². The topological polar surface area (TPSA) is 55.1 Å². The van der Waals surface area contributed by atoms with Gasteiger partial charge < -0.3 is 11.1 Å². The summed E-state index contributed by atoms with van der Waals surface area (Å²) in [7, 11) is 0. The Morgan fingerprint density at radius 2 is 2.06 bits per heavy atom. The van der Waals surface area contributed by atoms with Crippen LogP contribution in [0.2, 0.25) is 0 Å². The van der Waals surface area contributed by atoms with Crippen LogP contribution in [-0.2, 0) is 4.79 Å². The van der Waals surface area contributed by atoms with E-state index in [9.17, 15) is 4.79 Å². The molecular weight excluding hydrogens is 232 g/mol. The van der Waals surface area contributed by atoms with Crippen LogP contribution in [0.25, 0.3) is 0 Å². The van der Waals surface area contributed by atoms with Crippen LogP contribution in [0, 0.1) is 12.8 Å². The number of rotatable bonds is 6. The molecule has 3 N–H and O–H groups in total. The Labute approximate surface area is 107 Å². The Morgan fingerprint density at radius 1 is 1.41 bits per heavy atom. The van der Waals surface area contributed by atoms with Crippen LogP contribution < -0.4 is 11.1 Å². The van der Waals surface area contributed by atoms with Gasteiger partial charge in [0, 0.05) is 29.7 Å². The minimum Gasteiger partial charge on any atom is -0.355 e. The van der Waals surface area contributed by atoms with Crippen molar-refractivity contribution in [2.75, 3.05) is 18.8 Å². The second-order valence-electron chi connectivity index (χ2n) is 4.09. The maximum atomic E-state index is 11.4. The molecule has 0 heterocycles. The van der Waals surface area contributed by atoms with Crippen molar-refractivity contribution < 1.29 is 4.79 Å². The van der Waals surface area contributed by atoms with Gasteiger partial charge in [0.05, 0.1) is 0 Å². The van der Waals surface area contributed by atoms with Gasteiger partial charge in [0.25, 0.3) is 0 Å². The maximum absolute atomic E-state index is 11.4. The predicted molar refractivity (Wildman–Crippen MR) is 73.1 cm³/mol. The third kappa shape index (κ3) is 5.24. The lowest BCUT2D eigenvalue weighted by Gasteiger charge is -2.09. The highest BCUT2D eigenvalue weighted by Gasteiger charge is 2.08. The van der Waals surface area contributed by atoms with Crippen LogP contribution in [0.5, 0.6) is 0 Å². The number of nitrogens with one attached hydrogen (secondary N) is 1. The lowest BCUT2D eigenvalue weighted by atomic mass is 10.2. The fourth-order valence-electron chi connectivity index (χ4n) is 1.26. The zero-order chi connectivity index (χ0) is 12.7. The zero-order valence-corrected chi connectivity index (χ0v) is 11.2. The molecule has 0 saturated carbocycles. The minimum atomic E-state index is -0.0978. The molecule has 1 atom stereocenters. The van der Waals surface area contributed by atoms with E-state index in [0.29, 0.717) is 13.1 Å². The summed E-state index contributed by atoms with van der Waals surface area (Å²) in [5, 5.41) is 2.88. The largest absolute Gasteiger partial charge is 0.355 e. The molecule has 1 unspecified atom stereocenters. The molecule has 0 saturated heterocycles. The molecule has 3 nitrogen and oxygen atoms in total. The van der Waals surface area contributed by atoms with Crippen LogP contribution >= 0.6 is 11.8 Å². The molecule has 0 aliphatic rings. The molecule has 1 rings (SSSR count). The molecule has 0 aliphatic carbocycles. The molecule has 0 bridgehead atoms. The fraction of sp³-hybridized carbons (Fsp3) is 0.462. The number of aryl methyl sites for hydroxylation is 1. The van der Waals surface area contributed by atoms with Gasteiger partial charge in [0.2, 0.25) is 5.91 Å². The van der Waals surface area contributed by atoms with Crippen LogP contribution in [-0.4, -0.2) is 24.7 Å². The van der Waals surface area contributed by atoms with Gasteiger partial charge in [0.15, 0.2) is 0 Å². The highest BCUT2D eigenvalue weighted by molar-refractivity contribution is 7.99. The summed E-state index contributed by atoms with van der Waals surface area (Å²) in [6.45, 7) is 4.99. The van der Waals surface area contributed by atoms with E-state index in [1.807, 2.05) is 6.92 Å². The molecule has 94 valence electrons. The van der Waals surface area contributed by atoms with Crippen molar-refractivity contribution >= 4 is 17.7 Å². The van der Waals surface area contributed by atoms with Crippen molar-refractivity contribution in [3.05, 3.63) is 29.8 Å². The number of thioether (sulfide) groups is 1. The number of carbonyl (C=O) groups excluding carboxylic acids is 1. The zero-order valence-electron chi connectivity index (χ0n) is 10.4. The quantitative estimate of drug-likeness (QED) is 0.599. The van der Waals surface area contributed by atoms with E-state index in [-0.39, 0.29) is 11.8 Å². The summed E-state index contributed by atoms with van der Waals surface area (Å²) >= 11 is 1.74. The first-order valence-electron chi connectivity index (χ1n) is 5.80. The van der Waals surface area contributed by atoms with Crippen molar-refractivity contribution in [3.8, 4) is 0 Å². The Kier molecular flexibility index (Phi) is 6.08. The maximum Gasteiger partial charge on any atom is 0.224 e. The van der Waals surface area contributed by atoms with Gasteiger partial charge in [-0.2, -0.15) is 0 Å². The Bertz CT molecular complexity index is 351. The summed E-state index contributed by atoms with van der Waals surface area (Å²) < 4.78 is 0. The van der Waals surface area contributed by atoms with Crippen molar-refractivity contribution in [1.82, 2.24) is 5.32 Å². The van der Waals surface area contributed by atoms with Gasteiger partial charge in [-0.15, -0.1) is 11.8 Å². The summed E-state index contributed by atoms with van der Waals surface area (Å²) in [6.07, 6.45) is 0. The predicted octanol–water partition coefficient (Wildman–Crippen LogP) is 1.80. The number of hydrogen-bond donors (Lipinski definition) is 2. The van der Waals surface area contributed by atoms with Gasteiger partial charge in [0.1, 0.15) is 0 Å². The molecule has 17 heavy (non-hydrogen) atoms. The minimum absolute atomic E-state index is 0.0389. The standard InChI is InChI=1S/C13H20N2OS/c1-10-3-5-12(6-4-10)17-8-7-15-13(16)11(2)9-14/h3-6,11H,7-9,14H2,1-2H3,(H,15,16). The average molecular weight is 252 g/mol. The number of amides is 1. The first-order valence-corrected chi connectivity index (χ1v) is 6.79. The summed E-state index contributed by atoms with van der Waals surface area (Å²) in [5.74, 6) is 0.822. The summed E-state index contributed by atoms with van der Waals surface area (Å²) in [4.78, 5) is 12.7. The van der Waals surface area contributed by atoms with Crippen molar-refractivity contribution in [2.24, 2.45) is 11.7 Å². The van der Waals surface area contributed by atoms with E-state index in [0.717, 1.165) is 5.75 Å². The molecular formula is C13H20N2OS. The van der Waals surface area contributed by atoms with Crippen molar-refractivity contribution in [3.63, 3.8) is 0 Å². The molecule has 0 radical (unpaired) electrons. The lowest BCUT2D eigenvalue weighted by Crippen LogP contribution is -2.34. The molecule has 1 aromatic carbocycles. The van der Waals surface area contributed by atoms with E-state index >= 15 is 0 Å². The van der Waals surface area contributed by atoms with Gasteiger partial charge in [-0.3, -0.25) is 4.79 Å². The number of nitrogens with two attached hydrogens (primary N) is 1. The molecule has 0 spiro atoms. The third-order valence-corrected chi connectivity index (χ3v) is 3.51. The van der Waals surface area contributed by atoms with Gasteiger partial charge in [-0.05, 0) is 19.1 Å². The molecule has 1 amide bonds. The number of carbonyl (C=O) groups is 1. The third-order valence-electron chi connectivity index (χ3n) is 2.49. The fourth-order valence-corrected chi connectivity index (χ4v) is 2.03. The van der Waals surface area contributed by atoms with E-state index in [1.165, 1.54) is 10.5 Å². The van der Waals surface area contributed by atoms with Gasteiger partial charge in [-0.25, -0.2) is 0 Å². The second-order valence-corrected chi connectivity index (χ2v) is 5.26. The van der Waals surface area contributed by atoms with Crippen molar-refractivity contribution in [2.45, 2.75) is 18.7 Å². The van der Waals surface area contributed by atoms with Crippen LogP contribution in [0.1, 0.15) is 12.5 Å². The van der Waals surface area contributed by atoms with E-state index in [1.54, 1.807) is 11.8 Å². The first-order chi connectivity index (χ1) is 8.13. The van der Waals surface area contributed by atoms with E-state index < -0.39 is 0 Å². The highest BCUT2D eigenvalue weighted by Crippen LogP contribution is 2.17. The van der Waals surface area contributed by atoms with Crippen LogP contribution in [0.15, 0.2) is 29.2 Å². The smallest absolute Gasteiger partial charge is 0.224 e. The Hall–Kier alpha value is -1.00. The monoisotopic (exact) mass is 252 g/mol. The highest BCUT2D eigenvalue weighted by atomic mass is 32.2. The second kappa shape index (κ2) is 7.35. The molecule has 4 heteroatoms. The Morgan fingerprint density at radius 3 is 2.65 bits per heavy atom. The molecule has 0 aromatic heterocycles. The normalized spacial score (nSPS) is 12.2. The SMILES string of the molecule is Cc1ccc(SCCNC(=O)C(C)CN)cc1. The van der Waals surface area contributed by atoms with Crippen LogP contribution in [0.3, 0.4) is 0 Å². The van der Waals surface area contributed by atoms with E-state index in [4.69, 9.17) is 5.73 Å². The lowest BCUT2D eigenvalue weighted by molar-refractivity contribution is -0.124.